The topological polar surface area (TPSA) is 91.4 Å². The van der Waals surface area contributed by atoms with Crippen molar-refractivity contribution in [3.8, 4) is 51.7 Å². The summed E-state index contributed by atoms with van der Waals surface area (Å²) in [6, 6.07) is 50.4. The molecule has 0 saturated heterocycles. The molecule has 6 heteroatoms. The van der Waals surface area contributed by atoms with Gasteiger partial charge in [-0.2, -0.15) is 10.5 Å². The van der Waals surface area contributed by atoms with Gasteiger partial charge in [0.05, 0.1) is 33.7 Å². The number of rotatable bonds is 4. The molecular formula is C42H23N5O. The zero-order valence-corrected chi connectivity index (χ0v) is 25.4. The molecule has 0 aliphatic rings. The predicted molar refractivity (Wildman–Crippen MR) is 189 cm³/mol. The number of nitriles is 2. The quantitative estimate of drug-likeness (QED) is 0.197. The molecule has 222 valence electrons. The fraction of sp³-hybridized carbons (Fsp3) is 0. The lowest BCUT2D eigenvalue weighted by Gasteiger charge is -2.14. The van der Waals surface area contributed by atoms with E-state index < -0.39 is 0 Å². The van der Waals surface area contributed by atoms with E-state index in [0.29, 0.717) is 33.9 Å². The van der Waals surface area contributed by atoms with E-state index in [0.717, 1.165) is 60.6 Å². The van der Waals surface area contributed by atoms with Crippen molar-refractivity contribution < 1.29 is 4.42 Å². The lowest BCUT2D eigenvalue weighted by atomic mass is 9.98. The number of fused-ring (bicyclic) bond motifs is 6. The number of furan rings is 1. The maximum atomic E-state index is 10.6. The molecule has 9 aromatic rings. The molecule has 0 atom stereocenters. The van der Waals surface area contributed by atoms with Gasteiger partial charge >= 0.3 is 0 Å². The SMILES string of the molecule is N#Cc1cc(-c2nc(-c3ccccc3)nc(-c3ccccc3)c2C#N)ccc1-n1c2ccccc2c2cc3oc4ccccc4c3cc21. The van der Waals surface area contributed by atoms with Crippen LogP contribution < -0.4 is 0 Å². The molecule has 0 saturated carbocycles. The maximum Gasteiger partial charge on any atom is 0.160 e. The van der Waals surface area contributed by atoms with Crippen LogP contribution in [0.2, 0.25) is 0 Å². The number of para-hydroxylation sites is 2. The van der Waals surface area contributed by atoms with Crippen LogP contribution in [-0.4, -0.2) is 14.5 Å². The first-order valence-electron chi connectivity index (χ1n) is 15.5. The number of benzene rings is 6. The van der Waals surface area contributed by atoms with Gasteiger partial charge in [0.15, 0.2) is 5.82 Å². The van der Waals surface area contributed by atoms with E-state index in [2.05, 4.69) is 47.0 Å². The van der Waals surface area contributed by atoms with Crippen molar-refractivity contribution in [3.05, 3.63) is 151 Å². The summed E-state index contributed by atoms with van der Waals surface area (Å²) in [6.45, 7) is 0. The van der Waals surface area contributed by atoms with Gasteiger partial charge in [-0.25, -0.2) is 9.97 Å². The van der Waals surface area contributed by atoms with Crippen molar-refractivity contribution >= 4 is 43.7 Å². The summed E-state index contributed by atoms with van der Waals surface area (Å²) in [5.41, 5.74) is 8.47. The van der Waals surface area contributed by atoms with Crippen LogP contribution in [0.15, 0.2) is 144 Å². The summed E-state index contributed by atoms with van der Waals surface area (Å²) in [4.78, 5) is 9.81. The van der Waals surface area contributed by atoms with E-state index in [-0.39, 0.29) is 0 Å². The summed E-state index contributed by atoms with van der Waals surface area (Å²) in [5.74, 6) is 0.504. The molecule has 0 fully saturated rings. The third-order valence-corrected chi connectivity index (χ3v) is 8.90. The van der Waals surface area contributed by atoms with Gasteiger partial charge in [-0.05, 0) is 36.4 Å². The van der Waals surface area contributed by atoms with Crippen LogP contribution in [0.25, 0.3) is 83.3 Å². The Morgan fingerprint density at radius 3 is 1.92 bits per heavy atom. The Hall–Kier alpha value is -7.02. The lowest BCUT2D eigenvalue weighted by Crippen LogP contribution is -2.02. The molecule has 0 unspecified atom stereocenters. The van der Waals surface area contributed by atoms with Crippen molar-refractivity contribution in [2.24, 2.45) is 0 Å². The minimum absolute atomic E-state index is 0.351. The summed E-state index contributed by atoms with van der Waals surface area (Å²) in [7, 11) is 0. The monoisotopic (exact) mass is 613 g/mol. The third kappa shape index (κ3) is 4.18. The lowest BCUT2D eigenvalue weighted by molar-refractivity contribution is 0.669. The zero-order valence-electron chi connectivity index (χ0n) is 25.4. The minimum atomic E-state index is 0.351. The molecule has 9 rings (SSSR count). The summed E-state index contributed by atoms with van der Waals surface area (Å²) in [6.07, 6.45) is 0. The van der Waals surface area contributed by atoms with Crippen molar-refractivity contribution in [3.63, 3.8) is 0 Å². The van der Waals surface area contributed by atoms with Gasteiger partial charge in [0.1, 0.15) is 28.9 Å². The molecule has 0 aliphatic carbocycles. The fourth-order valence-corrected chi connectivity index (χ4v) is 6.71. The van der Waals surface area contributed by atoms with Crippen molar-refractivity contribution in [2.75, 3.05) is 0 Å². The Morgan fingerprint density at radius 1 is 0.500 bits per heavy atom. The number of hydrogen-bond acceptors (Lipinski definition) is 5. The molecule has 0 spiro atoms. The van der Waals surface area contributed by atoms with Crippen LogP contribution in [0, 0.1) is 22.7 Å². The zero-order chi connectivity index (χ0) is 32.2. The summed E-state index contributed by atoms with van der Waals surface area (Å²) >= 11 is 0. The summed E-state index contributed by atoms with van der Waals surface area (Å²) < 4.78 is 8.38. The van der Waals surface area contributed by atoms with Crippen LogP contribution in [-0.2, 0) is 0 Å². The molecule has 3 heterocycles. The standard InChI is InChI=1S/C42H23N5O/c43-24-29-21-28(41-34(25-44)40(26-11-3-1-4-12-26)45-42(46-41)27-13-5-2-6-14-27)19-20-35(29)47-36-17-9-7-15-30(36)32-23-39-33(22-37(32)47)31-16-8-10-18-38(31)48-39/h1-23H. The van der Waals surface area contributed by atoms with Crippen molar-refractivity contribution in [2.45, 2.75) is 0 Å². The number of hydrogen-bond donors (Lipinski definition) is 0. The molecule has 0 radical (unpaired) electrons. The largest absolute Gasteiger partial charge is 0.456 e. The second-order valence-electron chi connectivity index (χ2n) is 11.6. The van der Waals surface area contributed by atoms with Gasteiger partial charge in [0, 0.05) is 38.2 Å². The fourth-order valence-electron chi connectivity index (χ4n) is 6.71. The third-order valence-electron chi connectivity index (χ3n) is 8.90. The van der Waals surface area contributed by atoms with Gasteiger partial charge in [-0.3, -0.25) is 0 Å². The number of nitrogens with zero attached hydrogens (tertiary/aromatic N) is 5. The van der Waals surface area contributed by atoms with E-state index in [1.807, 2.05) is 109 Å². The number of aromatic nitrogens is 3. The first-order valence-corrected chi connectivity index (χ1v) is 15.5. The van der Waals surface area contributed by atoms with Crippen LogP contribution in [0.3, 0.4) is 0 Å². The van der Waals surface area contributed by atoms with E-state index in [1.54, 1.807) is 0 Å². The highest BCUT2D eigenvalue weighted by molar-refractivity contribution is 6.17. The average Bonchev–Trinajstić information content (AvgIpc) is 3.68. The Morgan fingerprint density at radius 2 is 1.17 bits per heavy atom. The normalized spacial score (nSPS) is 11.3. The molecule has 6 nitrogen and oxygen atoms in total. The van der Waals surface area contributed by atoms with E-state index in [4.69, 9.17) is 14.4 Å². The molecule has 0 amide bonds. The Kier molecular flexibility index (Phi) is 6.15. The maximum absolute atomic E-state index is 10.6. The molecule has 0 aliphatic heterocycles. The van der Waals surface area contributed by atoms with Crippen LogP contribution in [0.1, 0.15) is 11.1 Å². The van der Waals surface area contributed by atoms with E-state index >= 15 is 0 Å². The second-order valence-corrected chi connectivity index (χ2v) is 11.6. The Bertz CT molecular complexity index is 2800. The Balaban J connectivity index is 1.30. The van der Waals surface area contributed by atoms with Gasteiger partial charge in [0.25, 0.3) is 0 Å². The van der Waals surface area contributed by atoms with Gasteiger partial charge in [-0.15, -0.1) is 0 Å². The van der Waals surface area contributed by atoms with Crippen LogP contribution in [0.4, 0.5) is 0 Å². The van der Waals surface area contributed by atoms with Crippen LogP contribution in [0.5, 0.6) is 0 Å². The molecule has 3 aromatic heterocycles. The van der Waals surface area contributed by atoms with Gasteiger partial charge < -0.3 is 8.98 Å². The van der Waals surface area contributed by atoms with Crippen LogP contribution >= 0.6 is 0 Å². The van der Waals surface area contributed by atoms with Gasteiger partial charge in [0.2, 0.25) is 0 Å². The average molecular weight is 614 g/mol. The highest BCUT2D eigenvalue weighted by Gasteiger charge is 2.22. The van der Waals surface area contributed by atoms with E-state index in [1.165, 1.54) is 0 Å². The summed E-state index contributed by atoms with van der Waals surface area (Å²) in [5, 5.41) is 25.3. The van der Waals surface area contributed by atoms with Gasteiger partial charge in [-0.1, -0.05) is 103 Å². The Labute approximate surface area is 275 Å². The minimum Gasteiger partial charge on any atom is -0.456 e. The van der Waals surface area contributed by atoms with Crippen molar-refractivity contribution in [1.29, 1.82) is 10.5 Å². The van der Waals surface area contributed by atoms with E-state index in [9.17, 15) is 10.5 Å². The second kappa shape index (κ2) is 10.8. The molecule has 6 aromatic carbocycles. The smallest absolute Gasteiger partial charge is 0.160 e. The highest BCUT2D eigenvalue weighted by atomic mass is 16.3. The van der Waals surface area contributed by atoms with Crippen molar-refractivity contribution in [1.82, 2.24) is 14.5 Å². The first-order chi connectivity index (χ1) is 23.7. The molecule has 48 heavy (non-hydrogen) atoms. The highest BCUT2D eigenvalue weighted by Crippen LogP contribution is 2.40. The predicted octanol–water partition coefficient (Wildman–Crippen LogP) is 10.2. The molecular weight excluding hydrogens is 590 g/mol. The molecule has 0 bridgehead atoms. The molecule has 0 N–H and O–H groups in total. The first kappa shape index (κ1) is 27.3.